The Morgan fingerprint density at radius 1 is 0.781 bits per heavy atom. The van der Waals surface area contributed by atoms with Crippen molar-refractivity contribution in [3.63, 3.8) is 0 Å². The maximum Gasteiger partial charge on any atom is 0.192 e. The molecule has 0 amide bonds. The molecule has 32 heavy (non-hydrogen) atoms. The zero-order valence-electron chi connectivity index (χ0n) is 18.7. The Hall–Kier alpha value is -2.55. The zero-order valence-corrected chi connectivity index (χ0v) is 21.1. The Bertz CT molecular complexity index is 1260. The standard InChI is InChI=1S/C28H24BN2.Ir/c1-27(2)19-9-5-7-11-23(19)29-24-12-8-6-10-20(24)28(3,4)22-16-18(15-21(27)26(22)29)25-17-30-13-14-31-25;/h5-15,17H,1-4H3;/q-1;. The van der Waals surface area contributed by atoms with Gasteiger partial charge in [0.15, 0.2) is 6.71 Å². The first kappa shape index (κ1) is 21.3. The normalized spacial score (nSPS) is 16.3. The van der Waals surface area contributed by atoms with Gasteiger partial charge in [0.1, 0.15) is 0 Å². The van der Waals surface area contributed by atoms with E-state index in [4.69, 9.17) is 0 Å². The van der Waals surface area contributed by atoms with Gasteiger partial charge in [-0.15, -0.1) is 34.3 Å². The van der Waals surface area contributed by atoms with Crippen molar-refractivity contribution >= 4 is 23.1 Å². The fourth-order valence-corrected chi connectivity index (χ4v) is 5.87. The average Bonchev–Trinajstić information content (AvgIpc) is 2.79. The summed E-state index contributed by atoms with van der Waals surface area (Å²) in [6, 6.07) is 24.1. The molecule has 4 heteroatoms. The molecule has 0 bridgehead atoms. The number of aromatic nitrogens is 2. The molecule has 0 atom stereocenters. The minimum Gasteiger partial charge on any atom is -0.302 e. The van der Waals surface area contributed by atoms with Gasteiger partial charge in [0.25, 0.3) is 0 Å². The predicted octanol–water partition coefficient (Wildman–Crippen LogP) is 3.74. The second-order valence-electron chi connectivity index (χ2n) is 9.83. The van der Waals surface area contributed by atoms with Crippen LogP contribution in [-0.4, -0.2) is 16.7 Å². The molecule has 2 aliphatic heterocycles. The number of fused-ring (bicyclic) bond motifs is 4. The van der Waals surface area contributed by atoms with E-state index in [1.165, 1.54) is 38.6 Å². The number of benzene rings is 3. The van der Waals surface area contributed by atoms with Crippen LogP contribution in [0.15, 0.2) is 73.2 Å². The van der Waals surface area contributed by atoms with Gasteiger partial charge in [-0.05, 0) is 22.0 Å². The number of rotatable bonds is 1. The first-order valence-corrected chi connectivity index (χ1v) is 11.0. The van der Waals surface area contributed by atoms with E-state index >= 15 is 0 Å². The van der Waals surface area contributed by atoms with E-state index < -0.39 is 0 Å². The van der Waals surface area contributed by atoms with Gasteiger partial charge in [0.2, 0.25) is 0 Å². The molecule has 1 radical (unpaired) electrons. The van der Waals surface area contributed by atoms with Crippen molar-refractivity contribution in [1.82, 2.24) is 9.97 Å². The number of hydrogen-bond acceptors (Lipinski definition) is 2. The second-order valence-corrected chi connectivity index (χ2v) is 9.83. The molecule has 0 aliphatic carbocycles. The van der Waals surface area contributed by atoms with Gasteiger partial charge in [-0.3, -0.25) is 4.98 Å². The molecular weight excluding hydrogens is 567 g/mol. The Labute approximate surface area is 204 Å². The first-order chi connectivity index (χ1) is 14.9. The summed E-state index contributed by atoms with van der Waals surface area (Å²) >= 11 is 0. The molecule has 1 aromatic heterocycles. The van der Waals surface area contributed by atoms with Crippen LogP contribution >= 0.6 is 0 Å². The third-order valence-corrected chi connectivity index (χ3v) is 7.42. The minimum atomic E-state index is -0.141. The van der Waals surface area contributed by atoms with Crippen LogP contribution in [-0.2, 0) is 30.9 Å². The fraction of sp³-hybridized carbons (Fsp3) is 0.214. The summed E-state index contributed by atoms with van der Waals surface area (Å²) in [5.74, 6) is 0. The van der Waals surface area contributed by atoms with E-state index in [0.717, 1.165) is 11.3 Å². The molecule has 159 valence electrons. The van der Waals surface area contributed by atoms with E-state index in [-0.39, 0.29) is 37.6 Å². The Balaban J connectivity index is 0.00000216. The topological polar surface area (TPSA) is 25.8 Å². The maximum absolute atomic E-state index is 4.60. The van der Waals surface area contributed by atoms with Crippen LogP contribution in [0, 0.1) is 6.07 Å². The molecule has 2 aliphatic rings. The Morgan fingerprint density at radius 2 is 1.41 bits per heavy atom. The molecule has 3 heterocycles. The van der Waals surface area contributed by atoms with E-state index in [2.05, 4.69) is 98.3 Å². The zero-order chi connectivity index (χ0) is 21.4. The molecule has 0 unspecified atom stereocenters. The quantitative estimate of drug-likeness (QED) is 0.249. The van der Waals surface area contributed by atoms with Crippen molar-refractivity contribution in [2.24, 2.45) is 0 Å². The van der Waals surface area contributed by atoms with Crippen molar-refractivity contribution in [2.75, 3.05) is 0 Å². The molecule has 0 spiro atoms. The van der Waals surface area contributed by atoms with Crippen molar-refractivity contribution in [3.8, 4) is 11.3 Å². The van der Waals surface area contributed by atoms with E-state index in [9.17, 15) is 0 Å². The molecule has 0 fully saturated rings. The Morgan fingerprint density at radius 3 is 2.03 bits per heavy atom. The van der Waals surface area contributed by atoms with Gasteiger partial charge in [0.05, 0.1) is 0 Å². The average molecular weight is 592 g/mol. The van der Waals surface area contributed by atoms with Crippen molar-refractivity contribution in [3.05, 3.63) is 102 Å². The summed E-state index contributed by atoms with van der Waals surface area (Å²) in [5, 5.41) is 0. The third kappa shape index (κ3) is 2.76. The van der Waals surface area contributed by atoms with E-state index in [1.807, 2.05) is 6.20 Å². The monoisotopic (exact) mass is 592 g/mol. The summed E-state index contributed by atoms with van der Waals surface area (Å²) < 4.78 is 0. The van der Waals surface area contributed by atoms with Crippen molar-refractivity contribution < 1.29 is 20.1 Å². The fourth-order valence-electron chi connectivity index (χ4n) is 5.87. The van der Waals surface area contributed by atoms with Crippen LogP contribution in [0.5, 0.6) is 0 Å². The van der Waals surface area contributed by atoms with Gasteiger partial charge < -0.3 is 4.98 Å². The van der Waals surface area contributed by atoms with Gasteiger partial charge >= 0.3 is 0 Å². The van der Waals surface area contributed by atoms with Crippen LogP contribution in [0.4, 0.5) is 0 Å². The molecular formula is C28H24BIrN2-. The van der Waals surface area contributed by atoms with Crippen LogP contribution in [0.25, 0.3) is 11.3 Å². The van der Waals surface area contributed by atoms with Crippen LogP contribution in [0.2, 0.25) is 0 Å². The molecule has 6 rings (SSSR count). The minimum absolute atomic E-state index is 0. The molecule has 2 nitrogen and oxygen atoms in total. The summed E-state index contributed by atoms with van der Waals surface area (Å²) in [5.41, 5.74) is 11.4. The van der Waals surface area contributed by atoms with Crippen LogP contribution in [0.3, 0.4) is 0 Å². The van der Waals surface area contributed by atoms with Gasteiger partial charge in [0, 0.05) is 44.4 Å². The number of nitrogens with zero attached hydrogens (tertiary/aromatic N) is 2. The molecule has 4 aromatic rings. The number of hydrogen-bond donors (Lipinski definition) is 0. The van der Waals surface area contributed by atoms with Gasteiger partial charge in [-0.25, -0.2) is 0 Å². The van der Waals surface area contributed by atoms with Crippen molar-refractivity contribution in [1.29, 1.82) is 0 Å². The second kappa shape index (κ2) is 7.23. The van der Waals surface area contributed by atoms with Gasteiger partial charge in [-0.1, -0.05) is 87.2 Å². The van der Waals surface area contributed by atoms with Crippen LogP contribution < -0.4 is 16.4 Å². The van der Waals surface area contributed by atoms with E-state index in [1.54, 1.807) is 12.4 Å². The molecule has 3 aromatic carbocycles. The van der Waals surface area contributed by atoms with E-state index in [0.29, 0.717) is 0 Å². The predicted molar refractivity (Wildman–Crippen MR) is 128 cm³/mol. The summed E-state index contributed by atoms with van der Waals surface area (Å²) in [7, 11) is 0. The summed E-state index contributed by atoms with van der Waals surface area (Å²) in [4.78, 5) is 8.92. The molecule has 0 N–H and O–H groups in total. The summed E-state index contributed by atoms with van der Waals surface area (Å²) in [6.45, 7) is 9.62. The summed E-state index contributed by atoms with van der Waals surface area (Å²) in [6.07, 6.45) is 5.33. The first-order valence-electron chi connectivity index (χ1n) is 11.0. The maximum atomic E-state index is 4.60. The Kier molecular flexibility index (Phi) is 4.82. The molecule has 0 saturated heterocycles. The largest absolute Gasteiger partial charge is 0.302 e. The third-order valence-electron chi connectivity index (χ3n) is 7.42. The molecule has 0 saturated carbocycles. The van der Waals surface area contributed by atoms with Crippen molar-refractivity contribution in [2.45, 2.75) is 38.5 Å². The smallest absolute Gasteiger partial charge is 0.192 e. The van der Waals surface area contributed by atoms with Crippen LogP contribution in [0.1, 0.15) is 49.9 Å². The SMILES string of the molecule is CC1(C)c2[c-]c(-c3cnccn3)cc3c2B(c2ccccc21)c1ccccc1C3(C)C.[Ir]. The van der Waals surface area contributed by atoms with Gasteiger partial charge in [-0.2, -0.15) is 0 Å².